The van der Waals surface area contributed by atoms with Crippen molar-refractivity contribution in [1.82, 2.24) is 5.32 Å². The average Bonchev–Trinajstić information content (AvgIpc) is 2.21. The van der Waals surface area contributed by atoms with E-state index in [-0.39, 0.29) is 6.17 Å². The maximum Gasteiger partial charge on any atom is 0.115 e. The molecule has 3 heteroatoms. The van der Waals surface area contributed by atoms with Crippen LogP contribution in [0.5, 0.6) is 0 Å². The number of benzene rings is 1. The molecule has 2 nitrogen and oxygen atoms in total. The minimum absolute atomic E-state index is 0.183. The normalized spacial score (nSPS) is 20.1. The second-order valence-electron chi connectivity index (χ2n) is 3.27. The highest BCUT2D eigenvalue weighted by Crippen LogP contribution is 2.16. The minimum atomic E-state index is 0.183. The molecule has 0 amide bonds. The minimum Gasteiger partial charge on any atom is -0.369 e. The van der Waals surface area contributed by atoms with Crippen molar-refractivity contribution in [2.75, 3.05) is 0 Å². The fraction of sp³-hybridized carbons (Fsp3) is 0.182. The van der Waals surface area contributed by atoms with Crippen molar-refractivity contribution in [3.63, 3.8) is 0 Å². The largest absolute Gasteiger partial charge is 0.369 e. The van der Waals surface area contributed by atoms with E-state index >= 15 is 0 Å². The molecule has 1 aliphatic heterocycles. The van der Waals surface area contributed by atoms with Crippen molar-refractivity contribution in [3.05, 3.63) is 36.0 Å². The predicted molar refractivity (Wildman–Crippen MR) is 62.8 cm³/mol. The van der Waals surface area contributed by atoms with E-state index in [9.17, 15) is 0 Å². The summed E-state index contributed by atoms with van der Waals surface area (Å²) in [5.41, 5.74) is 2.27. The Labute approximate surface area is 89.2 Å². The molecule has 1 aromatic carbocycles. The van der Waals surface area contributed by atoms with E-state index in [0.29, 0.717) is 0 Å². The van der Waals surface area contributed by atoms with Crippen LogP contribution in [0, 0.1) is 0 Å². The Morgan fingerprint density at radius 1 is 1.29 bits per heavy atom. The average molecular weight is 204 g/mol. The molecule has 72 valence electrons. The van der Waals surface area contributed by atoms with Gasteiger partial charge in [-0.05, 0) is 24.6 Å². The molecule has 1 unspecified atom stereocenters. The molecule has 0 radical (unpaired) electrons. The molecular weight excluding hydrogens is 192 g/mol. The van der Waals surface area contributed by atoms with Crippen LogP contribution in [0.3, 0.4) is 0 Å². The number of allylic oxidation sites excluding steroid dienone is 1. The molecule has 0 fully saturated rings. The first-order valence-corrected chi connectivity index (χ1v) is 4.99. The van der Waals surface area contributed by atoms with Crippen molar-refractivity contribution in [2.45, 2.75) is 18.0 Å². The van der Waals surface area contributed by atoms with Crippen LogP contribution in [0.15, 0.2) is 40.4 Å². The van der Waals surface area contributed by atoms with Gasteiger partial charge in [-0.25, -0.2) is 0 Å². The zero-order valence-corrected chi connectivity index (χ0v) is 8.83. The standard InChI is InChI=1S/C11H12N2S/c1-8-12-6-10(7-13-8)9-2-4-11(14)5-3-9/h2-8,12,14H,1H3. The van der Waals surface area contributed by atoms with Crippen molar-refractivity contribution in [2.24, 2.45) is 4.99 Å². The summed E-state index contributed by atoms with van der Waals surface area (Å²) in [6.45, 7) is 2.01. The molecule has 1 aromatic rings. The lowest BCUT2D eigenvalue weighted by atomic mass is 10.1. The molecule has 1 N–H and O–H groups in total. The first-order chi connectivity index (χ1) is 6.75. The third-order valence-corrected chi connectivity index (χ3v) is 2.42. The van der Waals surface area contributed by atoms with Crippen molar-refractivity contribution in [1.29, 1.82) is 0 Å². The SMILES string of the molecule is CC1N=CC(c2ccc(S)cc2)=CN1. The monoisotopic (exact) mass is 204 g/mol. The molecule has 0 bridgehead atoms. The van der Waals surface area contributed by atoms with Crippen LogP contribution in [-0.2, 0) is 0 Å². The highest BCUT2D eigenvalue weighted by molar-refractivity contribution is 7.80. The van der Waals surface area contributed by atoms with Gasteiger partial charge in [-0.15, -0.1) is 12.6 Å². The van der Waals surface area contributed by atoms with Crippen LogP contribution in [-0.4, -0.2) is 12.4 Å². The van der Waals surface area contributed by atoms with Gasteiger partial charge in [0.25, 0.3) is 0 Å². The number of hydrogen-bond donors (Lipinski definition) is 2. The van der Waals surface area contributed by atoms with Crippen molar-refractivity contribution >= 4 is 24.4 Å². The third kappa shape index (κ3) is 1.99. The lowest BCUT2D eigenvalue weighted by molar-refractivity contribution is 0.672. The Kier molecular flexibility index (Phi) is 2.59. The highest BCUT2D eigenvalue weighted by atomic mass is 32.1. The maximum absolute atomic E-state index is 4.29. The Hall–Kier alpha value is -1.22. The Morgan fingerprint density at radius 2 is 2.00 bits per heavy atom. The van der Waals surface area contributed by atoms with Crippen LogP contribution in [0.4, 0.5) is 0 Å². The summed E-state index contributed by atoms with van der Waals surface area (Å²) < 4.78 is 0. The summed E-state index contributed by atoms with van der Waals surface area (Å²) in [4.78, 5) is 5.26. The number of aliphatic imine (C=N–C) groups is 1. The van der Waals surface area contributed by atoms with Gasteiger partial charge >= 0.3 is 0 Å². The number of rotatable bonds is 1. The first-order valence-electron chi connectivity index (χ1n) is 4.54. The second-order valence-corrected chi connectivity index (χ2v) is 3.78. The number of nitrogens with zero attached hydrogens (tertiary/aromatic N) is 1. The molecule has 0 aliphatic carbocycles. The molecule has 14 heavy (non-hydrogen) atoms. The molecular formula is C11H12N2S. The van der Waals surface area contributed by atoms with Crippen LogP contribution in [0.2, 0.25) is 0 Å². The van der Waals surface area contributed by atoms with E-state index in [1.165, 1.54) is 0 Å². The second kappa shape index (κ2) is 3.88. The van der Waals surface area contributed by atoms with E-state index in [2.05, 4.69) is 22.9 Å². The van der Waals surface area contributed by atoms with Gasteiger partial charge in [0, 0.05) is 22.9 Å². The molecule has 2 rings (SSSR count). The number of thiol groups is 1. The summed E-state index contributed by atoms with van der Waals surface area (Å²) in [5.74, 6) is 0. The van der Waals surface area contributed by atoms with Crippen LogP contribution < -0.4 is 5.32 Å². The summed E-state index contributed by atoms with van der Waals surface area (Å²) >= 11 is 4.24. The summed E-state index contributed by atoms with van der Waals surface area (Å²) in [7, 11) is 0. The quantitative estimate of drug-likeness (QED) is 0.674. The molecule has 0 aromatic heterocycles. The highest BCUT2D eigenvalue weighted by Gasteiger charge is 2.04. The van der Waals surface area contributed by atoms with Crippen LogP contribution in [0.25, 0.3) is 5.57 Å². The molecule has 0 saturated heterocycles. The topological polar surface area (TPSA) is 24.4 Å². The van der Waals surface area contributed by atoms with Gasteiger partial charge in [-0.3, -0.25) is 4.99 Å². The summed E-state index contributed by atoms with van der Waals surface area (Å²) in [6, 6.07) is 8.03. The van der Waals surface area contributed by atoms with Crippen LogP contribution >= 0.6 is 12.6 Å². The Balaban J connectivity index is 2.24. The molecule has 1 atom stereocenters. The van der Waals surface area contributed by atoms with E-state index in [1.807, 2.05) is 43.6 Å². The van der Waals surface area contributed by atoms with Gasteiger partial charge in [-0.2, -0.15) is 0 Å². The number of nitrogens with one attached hydrogen (secondary N) is 1. The van der Waals surface area contributed by atoms with E-state index in [0.717, 1.165) is 16.0 Å². The lowest BCUT2D eigenvalue weighted by Gasteiger charge is -2.13. The fourth-order valence-corrected chi connectivity index (χ4v) is 1.44. The molecule has 0 spiro atoms. The Bertz CT molecular complexity index is 379. The van der Waals surface area contributed by atoms with Gasteiger partial charge in [0.15, 0.2) is 0 Å². The van der Waals surface area contributed by atoms with Gasteiger partial charge in [0.1, 0.15) is 6.17 Å². The zero-order chi connectivity index (χ0) is 9.97. The van der Waals surface area contributed by atoms with Gasteiger partial charge in [0.05, 0.1) is 0 Å². The fourth-order valence-electron chi connectivity index (χ4n) is 1.29. The van der Waals surface area contributed by atoms with E-state index in [1.54, 1.807) is 0 Å². The van der Waals surface area contributed by atoms with Crippen molar-refractivity contribution < 1.29 is 0 Å². The van der Waals surface area contributed by atoms with E-state index in [4.69, 9.17) is 0 Å². The Morgan fingerprint density at radius 3 is 2.57 bits per heavy atom. The van der Waals surface area contributed by atoms with Gasteiger partial charge in [-0.1, -0.05) is 12.1 Å². The summed E-state index contributed by atoms with van der Waals surface area (Å²) in [6.07, 6.45) is 4.07. The predicted octanol–water partition coefficient (Wildman–Crippen LogP) is 2.34. The van der Waals surface area contributed by atoms with Gasteiger partial charge in [0.2, 0.25) is 0 Å². The summed E-state index contributed by atoms with van der Waals surface area (Å²) in [5, 5.41) is 3.17. The number of hydrogen-bond acceptors (Lipinski definition) is 3. The first kappa shape index (κ1) is 9.34. The molecule has 1 heterocycles. The van der Waals surface area contributed by atoms with E-state index < -0.39 is 0 Å². The lowest BCUT2D eigenvalue weighted by Crippen LogP contribution is -2.21. The van der Waals surface area contributed by atoms with Crippen LogP contribution in [0.1, 0.15) is 12.5 Å². The zero-order valence-electron chi connectivity index (χ0n) is 7.94. The maximum atomic E-state index is 4.29. The van der Waals surface area contributed by atoms with Crippen molar-refractivity contribution in [3.8, 4) is 0 Å². The van der Waals surface area contributed by atoms with Gasteiger partial charge < -0.3 is 5.32 Å². The molecule has 0 saturated carbocycles. The third-order valence-electron chi connectivity index (χ3n) is 2.12. The molecule has 1 aliphatic rings. The smallest absolute Gasteiger partial charge is 0.115 e.